The van der Waals surface area contributed by atoms with Crippen molar-refractivity contribution < 1.29 is 14.2 Å². The van der Waals surface area contributed by atoms with Crippen LogP contribution in [0.2, 0.25) is 0 Å². The maximum atomic E-state index is 6.00. The molecule has 1 heterocycles. The van der Waals surface area contributed by atoms with E-state index >= 15 is 0 Å². The SMILES string of the molecule is B[C@@H]1OC(CC)(CC)[C@@H](OC)[C@H]1OC. The summed E-state index contributed by atoms with van der Waals surface area (Å²) in [6.07, 6.45) is 2.04. The third kappa shape index (κ3) is 1.71. The lowest BCUT2D eigenvalue weighted by atomic mass is 9.86. The van der Waals surface area contributed by atoms with Crippen LogP contribution < -0.4 is 0 Å². The van der Waals surface area contributed by atoms with Gasteiger partial charge in [0.2, 0.25) is 0 Å². The lowest BCUT2D eigenvalue weighted by molar-refractivity contribution is -0.0917. The fourth-order valence-corrected chi connectivity index (χ4v) is 2.53. The number of hydrogen-bond acceptors (Lipinski definition) is 3. The highest BCUT2D eigenvalue weighted by Gasteiger charge is 2.51. The average molecular weight is 200 g/mol. The summed E-state index contributed by atoms with van der Waals surface area (Å²) in [6, 6.07) is 0.116. The first-order chi connectivity index (χ1) is 6.65. The highest BCUT2D eigenvalue weighted by Crippen LogP contribution is 2.38. The van der Waals surface area contributed by atoms with E-state index in [2.05, 4.69) is 13.8 Å². The van der Waals surface area contributed by atoms with E-state index in [1.807, 2.05) is 7.85 Å². The Balaban J connectivity index is 2.88. The number of methoxy groups -OCH3 is 2. The van der Waals surface area contributed by atoms with Crippen LogP contribution >= 0.6 is 0 Å². The molecule has 14 heavy (non-hydrogen) atoms. The molecular formula is C10H21BO3. The number of rotatable bonds is 4. The molecule has 1 aliphatic rings. The van der Waals surface area contributed by atoms with E-state index in [-0.39, 0.29) is 23.8 Å². The summed E-state index contributed by atoms with van der Waals surface area (Å²) in [5.74, 6) is 0. The van der Waals surface area contributed by atoms with Gasteiger partial charge in [-0.05, 0) is 12.8 Å². The molecule has 1 saturated heterocycles. The van der Waals surface area contributed by atoms with Gasteiger partial charge < -0.3 is 14.2 Å². The molecule has 0 aromatic heterocycles. The van der Waals surface area contributed by atoms with Gasteiger partial charge >= 0.3 is 0 Å². The van der Waals surface area contributed by atoms with E-state index < -0.39 is 0 Å². The molecule has 0 aromatic carbocycles. The van der Waals surface area contributed by atoms with Crippen LogP contribution in [0.1, 0.15) is 26.7 Å². The largest absolute Gasteiger partial charge is 0.377 e. The molecule has 0 N–H and O–H groups in total. The second-order valence-electron chi connectivity index (χ2n) is 3.95. The first-order valence-electron chi connectivity index (χ1n) is 5.38. The summed E-state index contributed by atoms with van der Waals surface area (Å²) in [5.41, 5.74) is -0.158. The van der Waals surface area contributed by atoms with Gasteiger partial charge in [-0.3, -0.25) is 0 Å². The Morgan fingerprint density at radius 2 is 1.79 bits per heavy atom. The monoisotopic (exact) mass is 200 g/mol. The maximum absolute atomic E-state index is 6.00. The smallest absolute Gasteiger partial charge is 0.142 e. The molecule has 0 aromatic rings. The van der Waals surface area contributed by atoms with Gasteiger partial charge in [-0.1, -0.05) is 13.8 Å². The minimum absolute atomic E-state index is 0.0532. The van der Waals surface area contributed by atoms with Crippen molar-refractivity contribution in [1.29, 1.82) is 0 Å². The van der Waals surface area contributed by atoms with Gasteiger partial charge in [-0.2, -0.15) is 0 Å². The molecule has 0 aliphatic carbocycles. The molecule has 1 rings (SSSR count). The van der Waals surface area contributed by atoms with Gasteiger partial charge in [0.15, 0.2) is 0 Å². The standard InChI is InChI=1S/C10H21BO3/c1-5-10(6-2)8(13-4)7(12-3)9(11)14-10/h7-9H,5-6,11H2,1-4H3/t7-,8+,9-/m1/s1. The van der Waals surface area contributed by atoms with Crippen LogP contribution in [0, 0.1) is 0 Å². The van der Waals surface area contributed by atoms with Crippen molar-refractivity contribution in [2.75, 3.05) is 14.2 Å². The first kappa shape index (κ1) is 12.0. The first-order valence-corrected chi connectivity index (χ1v) is 5.38. The van der Waals surface area contributed by atoms with E-state index in [9.17, 15) is 0 Å². The molecule has 0 radical (unpaired) electrons. The van der Waals surface area contributed by atoms with Crippen molar-refractivity contribution in [2.24, 2.45) is 0 Å². The quantitative estimate of drug-likeness (QED) is 0.621. The lowest BCUT2D eigenvalue weighted by Gasteiger charge is -2.32. The molecule has 3 atom stereocenters. The maximum Gasteiger partial charge on any atom is 0.142 e. The molecule has 1 aliphatic heterocycles. The molecular weight excluding hydrogens is 179 g/mol. The molecule has 0 spiro atoms. The fraction of sp³-hybridized carbons (Fsp3) is 1.00. The van der Waals surface area contributed by atoms with Gasteiger partial charge in [0, 0.05) is 14.2 Å². The highest BCUT2D eigenvalue weighted by atomic mass is 16.6. The molecule has 0 bridgehead atoms. The van der Waals surface area contributed by atoms with Crippen LogP contribution in [-0.4, -0.2) is 45.9 Å². The van der Waals surface area contributed by atoms with Crippen LogP contribution in [0.25, 0.3) is 0 Å². The van der Waals surface area contributed by atoms with Crippen LogP contribution in [0.5, 0.6) is 0 Å². The second kappa shape index (κ2) is 4.64. The van der Waals surface area contributed by atoms with Crippen molar-refractivity contribution in [3.63, 3.8) is 0 Å². The molecule has 0 unspecified atom stereocenters. The van der Waals surface area contributed by atoms with Gasteiger partial charge in [-0.15, -0.1) is 0 Å². The zero-order chi connectivity index (χ0) is 10.8. The predicted molar refractivity (Wildman–Crippen MR) is 58.3 cm³/mol. The van der Waals surface area contributed by atoms with Crippen LogP contribution in [0.4, 0.5) is 0 Å². The van der Waals surface area contributed by atoms with E-state index in [4.69, 9.17) is 14.2 Å². The van der Waals surface area contributed by atoms with Crippen molar-refractivity contribution in [3.8, 4) is 0 Å². The Bertz CT molecular complexity index is 182. The minimum atomic E-state index is -0.158. The predicted octanol–water partition coefficient (Wildman–Crippen LogP) is 0.565. The molecule has 82 valence electrons. The van der Waals surface area contributed by atoms with Crippen molar-refractivity contribution in [1.82, 2.24) is 0 Å². The van der Waals surface area contributed by atoms with E-state index in [0.717, 1.165) is 12.8 Å². The second-order valence-corrected chi connectivity index (χ2v) is 3.95. The minimum Gasteiger partial charge on any atom is -0.377 e. The van der Waals surface area contributed by atoms with Crippen molar-refractivity contribution in [3.05, 3.63) is 0 Å². The van der Waals surface area contributed by atoms with Gasteiger partial charge in [0.05, 0.1) is 11.6 Å². The summed E-state index contributed by atoms with van der Waals surface area (Å²) in [7, 11) is 5.50. The number of hydrogen-bond donors (Lipinski definition) is 0. The zero-order valence-electron chi connectivity index (χ0n) is 9.87. The summed E-state index contributed by atoms with van der Waals surface area (Å²) in [6.45, 7) is 4.28. The molecule has 0 amide bonds. The van der Waals surface area contributed by atoms with Crippen LogP contribution in [0.3, 0.4) is 0 Å². The van der Waals surface area contributed by atoms with E-state index in [1.54, 1.807) is 14.2 Å². The lowest BCUT2D eigenvalue weighted by Crippen LogP contribution is -2.44. The average Bonchev–Trinajstić information content (AvgIpc) is 2.50. The Morgan fingerprint density at radius 3 is 2.14 bits per heavy atom. The van der Waals surface area contributed by atoms with Gasteiger partial charge in [0.1, 0.15) is 20.1 Å². The van der Waals surface area contributed by atoms with Crippen LogP contribution in [0.15, 0.2) is 0 Å². The van der Waals surface area contributed by atoms with Crippen molar-refractivity contribution in [2.45, 2.75) is 50.5 Å². The summed E-state index contributed by atoms with van der Waals surface area (Å²) in [4.78, 5) is 0. The Morgan fingerprint density at radius 1 is 1.21 bits per heavy atom. The highest BCUT2D eigenvalue weighted by molar-refractivity contribution is 6.11. The van der Waals surface area contributed by atoms with E-state index in [0.29, 0.717) is 0 Å². The number of ether oxygens (including phenoxy) is 3. The normalized spacial score (nSPS) is 36.1. The topological polar surface area (TPSA) is 27.7 Å². The summed E-state index contributed by atoms with van der Waals surface area (Å²) >= 11 is 0. The van der Waals surface area contributed by atoms with Gasteiger partial charge in [0.25, 0.3) is 0 Å². The van der Waals surface area contributed by atoms with E-state index in [1.165, 1.54) is 0 Å². The third-order valence-electron chi connectivity index (χ3n) is 3.42. The zero-order valence-corrected chi connectivity index (χ0v) is 9.87. The molecule has 0 saturated carbocycles. The third-order valence-corrected chi connectivity index (χ3v) is 3.42. The fourth-order valence-electron chi connectivity index (χ4n) is 2.53. The van der Waals surface area contributed by atoms with Crippen LogP contribution in [-0.2, 0) is 14.2 Å². The van der Waals surface area contributed by atoms with Crippen molar-refractivity contribution >= 4 is 7.85 Å². The van der Waals surface area contributed by atoms with Gasteiger partial charge in [-0.25, -0.2) is 0 Å². The molecule has 4 heteroatoms. The Hall–Kier alpha value is -0.0551. The summed E-state index contributed by atoms with van der Waals surface area (Å²) < 4.78 is 17.0. The molecule has 1 fully saturated rings. The summed E-state index contributed by atoms with van der Waals surface area (Å²) in [5, 5.41) is 0. The Kier molecular flexibility index (Phi) is 3.99. The molecule has 3 nitrogen and oxygen atoms in total. The Labute approximate surface area is 87.5 Å².